The van der Waals surface area contributed by atoms with Crippen LogP contribution in [-0.2, 0) is 6.42 Å². The molecule has 0 aliphatic heterocycles. The van der Waals surface area contributed by atoms with Gasteiger partial charge in [0.05, 0.1) is 0 Å². The summed E-state index contributed by atoms with van der Waals surface area (Å²) in [7, 11) is 0. The van der Waals surface area contributed by atoms with Crippen LogP contribution in [0.15, 0.2) is 24.5 Å². The maximum Gasteiger partial charge on any atom is 0.248 e. The Morgan fingerprint density at radius 1 is 1.16 bits per heavy atom. The maximum absolute atomic E-state index is 13.2. The zero-order valence-corrected chi connectivity index (χ0v) is 12.3. The lowest BCUT2D eigenvalue weighted by molar-refractivity contribution is -0.0652. The lowest BCUT2D eigenvalue weighted by Gasteiger charge is -2.39. The molecule has 0 saturated heterocycles. The summed E-state index contributed by atoms with van der Waals surface area (Å²) in [6, 6.07) is 3.86. The van der Waals surface area contributed by atoms with Crippen molar-refractivity contribution in [1.29, 1.82) is 0 Å². The Kier molecular flexibility index (Phi) is 7.19. The molecule has 2 nitrogen and oxygen atoms in total. The lowest BCUT2D eigenvalue weighted by atomic mass is 9.69. The molecule has 2 N–H and O–H groups in total. The molecule has 1 saturated carbocycles. The maximum atomic E-state index is 13.2. The van der Waals surface area contributed by atoms with Crippen molar-refractivity contribution in [2.24, 2.45) is 11.1 Å². The van der Waals surface area contributed by atoms with Crippen LogP contribution >= 0.6 is 24.8 Å². The van der Waals surface area contributed by atoms with E-state index in [0.717, 1.165) is 12.0 Å². The summed E-state index contributed by atoms with van der Waals surface area (Å²) < 4.78 is 26.3. The highest BCUT2D eigenvalue weighted by Gasteiger charge is 2.42. The molecule has 6 heteroatoms. The first-order chi connectivity index (χ1) is 8.05. The average Bonchev–Trinajstić information content (AvgIpc) is 2.34. The van der Waals surface area contributed by atoms with Crippen LogP contribution in [-0.4, -0.2) is 17.5 Å². The van der Waals surface area contributed by atoms with Gasteiger partial charge in [0.2, 0.25) is 5.92 Å². The molecule has 0 bridgehead atoms. The Morgan fingerprint density at radius 3 is 2.26 bits per heavy atom. The van der Waals surface area contributed by atoms with Gasteiger partial charge in [-0.05, 0) is 42.9 Å². The normalized spacial score (nSPS) is 19.9. The third-order valence-corrected chi connectivity index (χ3v) is 3.78. The fourth-order valence-corrected chi connectivity index (χ4v) is 2.53. The highest BCUT2D eigenvalue weighted by Crippen LogP contribution is 2.44. The van der Waals surface area contributed by atoms with Gasteiger partial charge in [0.15, 0.2) is 0 Å². The summed E-state index contributed by atoms with van der Waals surface area (Å²) in [5, 5.41) is 0. The molecule has 0 atom stereocenters. The Bertz CT molecular complexity index is 364. The van der Waals surface area contributed by atoms with Gasteiger partial charge in [-0.15, -0.1) is 24.8 Å². The molecule has 2 rings (SSSR count). The van der Waals surface area contributed by atoms with Gasteiger partial charge < -0.3 is 5.73 Å². The highest BCUT2D eigenvalue weighted by atomic mass is 35.5. The van der Waals surface area contributed by atoms with Crippen LogP contribution < -0.4 is 5.73 Å². The van der Waals surface area contributed by atoms with Gasteiger partial charge in [-0.3, -0.25) is 4.98 Å². The van der Waals surface area contributed by atoms with Crippen molar-refractivity contribution in [3.05, 3.63) is 30.1 Å². The molecule has 1 aromatic heterocycles. The van der Waals surface area contributed by atoms with Gasteiger partial charge in [0.1, 0.15) is 0 Å². The van der Waals surface area contributed by atoms with Crippen LogP contribution in [0.3, 0.4) is 0 Å². The number of rotatable bonds is 3. The SMILES string of the molecule is Cl.Cl.NCC1(Cc2cccnc2)CCC(F)(F)CC1. The molecule has 1 aromatic rings. The van der Waals surface area contributed by atoms with E-state index in [0.29, 0.717) is 19.4 Å². The molecule has 0 spiro atoms. The van der Waals surface area contributed by atoms with Gasteiger partial charge in [0.25, 0.3) is 0 Å². The van der Waals surface area contributed by atoms with E-state index >= 15 is 0 Å². The van der Waals surface area contributed by atoms with Crippen molar-refractivity contribution >= 4 is 24.8 Å². The summed E-state index contributed by atoms with van der Waals surface area (Å²) in [5.41, 5.74) is 6.73. The fraction of sp³-hybridized carbons (Fsp3) is 0.615. The van der Waals surface area contributed by atoms with E-state index in [9.17, 15) is 8.78 Å². The zero-order chi connectivity index (χ0) is 12.4. The molecule has 19 heavy (non-hydrogen) atoms. The molecule has 0 radical (unpaired) electrons. The first-order valence-electron chi connectivity index (χ1n) is 6.02. The van der Waals surface area contributed by atoms with Crippen LogP contribution in [0.1, 0.15) is 31.2 Å². The van der Waals surface area contributed by atoms with Crippen molar-refractivity contribution in [2.45, 2.75) is 38.0 Å². The summed E-state index contributed by atoms with van der Waals surface area (Å²) in [4.78, 5) is 4.06. The van der Waals surface area contributed by atoms with Gasteiger partial charge in [-0.25, -0.2) is 8.78 Å². The van der Waals surface area contributed by atoms with E-state index < -0.39 is 5.92 Å². The van der Waals surface area contributed by atoms with Crippen LogP contribution in [0, 0.1) is 5.41 Å². The third-order valence-electron chi connectivity index (χ3n) is 3.78. The van der Waals surface area contributed by atoms with Crippen LogP contribution in [0.25, 0.3) is 0 Å². The standard InChI is InChI=1S/C13H18F2N2.2ClH/c14-13(15)5-3-12(10-16,4-6-13)8-11-2-1-7-17-9-11;;/h1-2,7,9H,3-6,8,10,16H2;2*1H. The van der Waals surface area contributed by atoms with Crippen molar-refractivity contribution < 1.29 is 8.78 Å². The van der Waals surface area contributed by atoms with Gasteiger partial charge >= 0.3 is 0 Å². The smallest absolute Gasteiger partial charge is 0.248 e. The van der Waals surface area contributed by atoms with E-state index in [-0.39, 0.29) is 43.1 Å². The summed E-state index contributed by atoms with van der Waals surface area (Å²) in [6.07, 6.45) is 5.21. The van der Waals surface area contributed by atoms with Gasteiger partial charge in [0, 0.05) is 25.2 Å². The van der Waals surface area contributed by atoms with E-state index in [2.05, 4.69) is 4.98 Å². The van der Waals surface area contributed by atoms with E-state index in [1.54, 1.807) is 12.4 Å². The van der Waals surface area contributed by atoms with Crippen LogP contribution in [0.2, 0.25) is 0 Å². The molecule has 0 aromatic carbocycles. The number of pyridine rings is 1. The highest BCUT2D eigenvalue weighted by molar-refractivity contribution is 5.85. The third kappa shape index (κ3) is 4.86. The molecule has 0 amide bonds. The average molecular weight is 313 g/mol. The lowest BCUT2D eigenvalue weighted by Crippen LogP contribution is -2.40. The molecule has 1 fully saturated rings. The first-order valence-corrected chi connectivity index (χ1v) is 6.02. The Hall–Kier alpha value is -0.450. The minimum absolute atomic E-state index is 0. The number of nitrogens with zero attached hydrogens (tertiary/aromatic N) is 1. The second-order valence-corrected chi connectivity index (χ2v) is 5.10. The molecule has 110 valence electrons. The Balaban J connectivity index is 0.00000162. The summed E-state index contributed by atoms with van der Waals surface area (Å²) in [5.74, 6) is -2.49. The summed E-state index contributed by atoms with van der Waals surface area (Å²) >= 11 is 0. The number of hydrogen-bond donors (Lipinski definition) is 1. The molecule has 1 heterocycles. The largest absolute Gasteiger partial charge is 0.330 e. The molecule has 1 aliphatic carbocycles. The zero-order valence-electron chi connectivity index (χ0n) is 10.6. The van der Waals surface area contributed by atoms with E-state index in [4.69, 9.17) is 5.73 Å². The molecular formula is C13H20Cl2F2N2. The fourth-order valence-electron chi connectivity index (χ4n) is 2.53. The van der Waals surface area contributed by atoms with Gasteiger partial charge in [-0.2, -0.15) is 0 Å². The predicted molar refractivity (Wildman–Crippen MR) is 77.3 cm³/mol. The molecular weight excluding hydrogens is 293 g/mol. The van der Waals surface area contributed by atoms with Crippen LogP contribution in [0.5, 0.6) is 0 Å². The van der Waals surface area contributed by atoms with Crippen molar-refractivity contribution in [2.75, 3.05) is 6.54 Å². The minimum atomic E-state index is -2.49. The quantitative estimate of drug-likeness (QED) is 0.925. The minimum Gasteiger partial charge on any atom is -0.330 e. The number of hydrogen-bond acceptors (Lipinski definition) is 2. The monoisotopic (exact) mass is 312 g/mol. The Morgan fingerprint density at radius 2 is 1.79 bits per heavy atom. The number of aromatic nitrogens is 1. The van der Waals surface area contributed by atoms with Crippen molar-refractivity contribution in [3.63, 3.8) is 0 Å². The van der Waals surface area contributed by atoms with E-state index in [1.807, 2.05) is 12.1 Å². The first kappa shape index (κ1) is 18.6. The molecule has 0 unspecified atom stereocenters. The Labute approximate surface area is 125 Å². The second-order valence-electron chi connectivity index (χ2n) is 5.10. The number of alkyl halides is 2. The molecule has 1 aliphatic rings. The van der Waals surface area contributed by atoms with Crippen molar-refractivity contribution in [1.82, 2.24) is 4.98 Å². The summed E-state index contributed by atoms with van der Waals surface area (Å²) in [6.45, 7) is 0.470. The topological polar surface area (TPSA) is 38.9 Å². The predicted octanol–water partition coefficient (Wildman–Crippen LogP) is 3.62. The van der Waals surface area contributed by atoms with Crippen molar-refractivity contribution in [3.8, 4) is 0 Å². The van der Waals surface area contributed by atoms with Gasteiger partial charge in [-0.1, -0.05) is 6.07 Å². The van der Waals surface area contributed by atoms with E-state index in [1.165, 1.54) is 0 Å². The van der Waals surface area contributed by atoms with Crippen LogP contribution in [0.4, 0.5) is 8.78 Å². The second kappa shape index (κ2) is 7.36. The number of halogens is 4. The number of nitrogens with two attached hydrogens (primary N) is 1.